The molecule has 3 nitrogen and oxygen atoms in total. The maximum Gasteiger partial charge on any atom is 0.151 e. The summed E-state index contributed by atoms with van der Waals surface area (Å²) >= 11 is 0. The van der Waals surface area contributed by atoms with Crippen LogP contribution in [0.3, 0.4) is 0 Å². The smallest absolute Gasteiger partial charge is 0.151 e. The lowest BCUT2D eigenvalue weighted by Crippen LogP contribution is -2.27. The number of hydrogen-bond acceptors (Lipinski definition) is 3. The van der Waals surface area contributed by atoms with Crippen molar-refractivity contribution in [2.45, 2.75) is 12.8 Å². The normalized spacial score (nSPS) is 23.3. The summed E-state index contributed by atoms with van der Waals surface area (Å²) in [6.07, 6.45) is 6.59. The van der Waals surface area contributed by atoms with E-state index in [4.69, 9.17) is 6.42 Å². The van der Waals surface area contributed by atoms with Gasteiger partial charge in [0.15, 0.2) is 9.84 Å². The second-order valence-electron chi connectivity index (χ2n) is 3.30. The molecule has 4 heteroatoms. The highest BCUT2D eigenvalue weighted by molar-refractivity contribution is 7.91. The molecule has 0 aliphatic carbocycles. The average Bonchev–Trinajstić information content (AvgIpc) is 2.23. The Morgan fingerprint density at radius 3 is 2.77 bits per heavy atom. The molecule has 0 radical (unpaired) electrons. The van der Waals surface area contributed by atoms with Gasteiger partial charge in [-0.15, -0.1) is 12.3 Å². The number of sulfone groups is 1. The van der Waals surface area contributed by atoms with Crippen molar-refractivity contribution in [3.8, 4) is 12.3 Å². The Kier molecular flexibility index (Phi) is 3.76. The molecule has 0 bridgehead atoms. The summed E-state index contributed by atoms with van der Waals surface area (Å²) in [5, 5.41) is 0. The summed E-state index contributed by atoms with van der Waals surface area (Å²) in [4.78, 5) is 2.13. The standard InChI is InChI=1S/C9H15NO2S/c1-2-3-5-10-6-4-8-13(11,12)9-7-10/h1H,3-9H2. The summed E-state index contributed by atoms with van der Waals surface area (Å²) in [5.74, 6) is 3.19. The molecule has 13 heavy (non-hydrogen) atoms. The van der Waals surface area contributed by atoms with Gasteiger partial charge >= 0.3 is 0 Å². The van der Waals surface area contributed by atoms with Gasteiger partial charge in [0.1, 0.15) is 0 Å². The predicted octanol–water partition coefficient (Wildman–Crippen LogP) is 0.130. The minimum absolute atomic E-state index is 0.289. The maximum absolute atomic E-state index is 11.2. The van der Waals surface area contributed by atoms with Crippen LogP contribution in [-0.4, -0.2) is 44.5 Å². The Hall–Kier alpha value is -0.530. The van der Waals surface area contributed by atoms with Crippen molar-refractivity contribution in [1.29, 1.82) is 0 Å². The molecule has 1 fully saturated rings. The summed E-state index contributed by atoms with van der Waals surface area (Å²) in [5.41, 5.74) is 0. The van der Waals surface area contributed by atoms with Crippen LogP contribution in [0.2, 0.25) is 0 Å². The SMILES string of the molecule is C#CCCN1CCCS(=O)(=O)CC1. The zero-order chi connectivity index (χ0) is 9.73. The molecule has 74 valence electrons. The zero-order valence-corrected chi connectivity index (χ0v) is 8.52. The summed E-state index contributed by atoms with van der Waals surface area (Å²) in [6, 6.07) is 0. The van der Waals surface area contributed by atoms with Gasteiger partial charge in [0, 0.05) is 19.5 Å². The number of rotatable bonds is 2. The molecule has 1 aliphatic rings. The molecule has 0 aromatic rings. The van der Waals surface area contributed by atoms with E-state index < -0.39 is 9.84 Å². The lowest BCUT2D eigenvalue weighted by molar-refractivity contribution is 0.303. The molecule has 1 rings (SSSR count). The highest BCUT2D eigenvalue weighted by atomic mass is 32.2. The fourth-order valence-corrected chi connectivity index (χ4v) is 2.75. The predicted molar refractivity (Wildman–Crippen MR) is 53.2 cm³/mol. The van der Waals surface area contributed by atoms with E-state index in [2.05, 4.69) is 10.8 Å². The van der Waals surface area contributed by atoms with Crippen LogP contribution in [0.1, 0.15) is 12.8 Å². The quantitative estimate of drug-likeness (QED) is 0.596. The van der Waals surface area contributed by atoms with E-state index in [0.29, 0.717) is 18.7 Å². The van der Waals surface area contributed by atoms with Gasteiger partial charge in [-0.2, -0.15) is 0 Å². The summed E-state index contributed by atoms with van der Waals surface area (Å²) in [6.45, 7) is 2.33. The van der Waals surface area contributed by atoms with Crippen LogP contribution in [0.15, 0.2) is 0 Å². The molecule has 0 amide bonds. The van der Waals surface area contributed by atoms with E-state index in [0.717, 1.165) is 19.5 Å². The van der Waals surface area contributed by atoms with Gasteiger partial charge in [-0.1, -0.05) is 0 Å². The molecule has 0 saturated carbocycles. The first kappa shape index (κ1) is 10.6. The molecule has 1 saturated heterocycles. The second kappa shape index (κ2) is 4.64. The van der Waals surface area contributed by atoms with Crippen molar-refractivity contribution in [3.05, 3.63) is 0 Å². The number of hydrogen-bond donors (Lipinski definition) is 0. The van der Waals surface area contributed by atoms with E-state index in [9.17, 15) is 8.42 Å². The lowest BCUT2D eigenvalue weighted by atomic mass is 10.3. The molecule has 0 spiro atoms. The van der Waals surface area contributed by atoms with Crippen LogP contribution in [0.5, 0.6) is 0 Å². The van der Waals surface area contributed by atoms with Gasteiger partial charge in [-0.05, 0) is 13.0 Å². The van der Waals surface area contributed by atoms with E-state index in [1.165, 1.54) is 0 Å². The average molecular weight is 201 g/mol. The minimum Gasteiger partial charge on any atom is -0.301 e. The van der Waals surface area contributed by atoms with Crippen LogP contribution in [0.25, 0.3) is 0 Å². The van der Waals surface area contributed by atoms with Crippen LogP contribution in [0, 0.1) is 12.3 Å². The van der Waals surface area contributed by atoms with Crippen LogP contribution in [-0.2, 0) is 9.84 Å². The van der Waals surface area contributed by atoms with Gasteiger partial charge in [0.25, 0.3) is 0 Å². The topological polar surface area (TPSA) is 37.4 Å². The first-order chi connectivity index (χ1) is 6.14. The van der Waals surface area contributed by atoms with Crippen molar-refractivity contribution in [1.82, 2.24) is 4.90 Å². The summed E-state index contributed by atoms with van der Waals surface area (Å²) in [7, 11) is -2.77. The maximum atomic E-state index is 11.2. The van der Waals surface area contributed by atoms with Crippen molar-refractivity contribution in [2.75, 3.05) is 31.1 Å². The minimum atomic E-state index is -2.77. The Balaban J connectivity index is 2.42. The Morgan fingerprint density at radius 2 is 2.08 bits per heavy atom. The van der Waals surface area contributed by atoms with Gasteiger partial charge in [0.2, 0.25) is 0 Å². The number of terminal acetylenes is 1. The molecule has 0 aromatic carbocycles. The molecular weight excluding hydrogens is 186 g/mol. The molecule has 0 unspecified atom stereocenters. The van der Waals surface area contributed by atoms with E-state index in [1.54, 1.807) is 0 Å². The van der Waals surface area contributed by atoms with Gasteiger partial charge in [0.05, 0.1) is 11.5 Å². The Labute approximate surface area is 80.0 Å². The van der Waals surface area contributed by atoms with Crippen LogP contribution >= 0.6 is 0 Å². The van der Waals surface area contributed by atoms with Crippen LogP contribution in [0.4, 0.5) is 0 Å². The first-order valence-electron chi connectivity index (χ1n) is 4.50. The molecular formula is C9H15NO2S. The molecule has 0 N–H and O–H groups in total. The van der Waals surface area contributed by atoms with E-state index >= 15 is 0 Å². The van der Waals surface area contributed by atoms with Crippen molar-refractivity contribution >= 4 is 9.84 Å². The summed E-state index contributed by atoms with van der Waals surface area (Å²) < 4.78 is 22.4. The van der Waals surface area contributed by atoms with Crippen molar-refractivity contribution in [3.63, 3.8) is 0 Å². The third-order valence-electron chi connectivity index (χ3n) is 2.22. The Bertz CT molecular complexity index is 289. The van der Waals surface area contributed by atoms with Crippen molar-refractivity contribution in [2.24, 2.45) is 0 Å². The van der Waals surface area contributed by atoms with E-state index in [-0.39, 0.29) is 5.75 Å². The largest absolute Gasteiger partial charge is 0.301 e. The second-order valence-corrected chi connectivity index (χ2v) is 5.60. The highest BCUT2D eigenvalue weighted by Crippen LogP contribution is 2.04. The molecule has 0 atom stereocenters. The Morgan fingerprint density at radius 1 is 1.31 bits per heavy atom. The third-order valence-corrected chi connectivity index (χ3v) is 3.94. The van der Waals surface area contributed by atoms with Gasteiger partial charge in [-0.25, -0.2) is 8.42 Å². The third kappa shape index (κ3) is 3.79. The molecule has 0 aromatic heterocycles. The van der Waals surface area contributed by atoms with Gasteiger partial charge < -0.3 is 4.90 Å². The molecule has 1 aliphatic heterocycles. The fourth-order valence-electron chi connectivity index (χ4n) is 1.44. The van der Waals surface area contributed by atoms with E-state index in [1.807, 2.05) is 0 Å². The molecule has 1 heterocycles. The first-order valence-corrected chi connectivity index (χ1v) is 6.32. The van der Waals surface area contributed by atoms with Gasteiger partial charge in [-0.3, -0.25) is 0 Å². The number of nitrogens with zero attached hydrogens (tertiary/aromatic N) is 1. The van der Waals surface area contributed by atoms with Crippen LogP contribution < -0.4 is 0 Å². The lowest BCUT2D eigenvalue weighted by Gasteiger charge is -2.16. The van der Waals surface area contributed by atoms with Crippen molar-refractivity contribution < 1.29 is 8.42 Å². The monoisotopic (exact) mass is 201 g/mol. The fraction of sp³-hybridized carbons (Fsp3) is 0.778. The highest BCUT2D eigenvalue weighted by Gasteiger charge is 2.18. The zero-order valence-electron chi connectivity index (χ0n) is 7.70.